The predicted molar refractivity (Wildman–Crippen MR) is 103 cm³/mol. The van der Waals surface area contributed by atoms with E-state index >= 15 is 0 Å². The standard InChI is InChI=1S/C20H29N3O5/c1-22(2)18(24)12-20(26)9-5-11-23(14-20)19(25)21-10-8-15-13-27-16-6-3-4-7-17(16)28-15/h3-4,6-7,15,26H,5,8-14H2,1-2H3,(H,21,25). The van der Waals surface area contributed by atoms with E-state index in [-0.39, 0.29) is 31.0 Å². The molecular formula is C20H29N3O5. The molecule has 3 rings (SSSR count). The van der Waals surface area contributed by atoms with Crippen LogP contribution in [0.3, 0.4) is 0 Å². The molecule has 8 heteroatoms. The van der Waals surface area contributed by atoms with Crippen molar-refractivity contribution < 1.29 is 24.2 Å². The Morgan fingerprint density at radius 2 is 2.07 bits per heavy atom. The van der Waals surface area contributed by atoms with Crippen molar-refractivity contribution in [3.8, 4) is 11.5 Å². The van der Waals surface area contributed by atoms with E-state index in [0.29, 0.717) is 39.0 Å². The lowest BCUT2D eigenvalue weighted by Crippen LogP contribution is -2.54. The zero-order valence-corrected chi connectivity index (χ0v) is 16.5. The van der Waals surface area contributed by atoms with Gasteiger partial charge >= 0.3 is 6.03 Å². The fraction of sp³-hybridized carbons (Fsp3) is 0.600. The fourth-order valence-electron chi connectivity index (χ4n) is 3.53. The van der Waals surface area contributed by atoms with Crippen LogP contribution in [0, 0.1) is 0 Å². The van der Waals surface area contributed by atoms with Crippen LogP contribution in [0.25, 0.3) is 0 Å². The highest BCUT2D eigenvalue weighted by atomic mass is 16.6. The first kappa shape index (κ1) is 20.3. The van der Waals surface area contributed by atoms with Gasteiger partial charge in [-0.2, -0.15) is 0 Å². The number of β-amino-alcohol motifs (C(OH)–C–C–N with tert-alkyl or cyclic N) is 1. The number of piperidine rings is 1. The Bertz CT molecular complexity index is 711. The Labute approximate surface area is 165 Å². The van der Waals surface area contributed by atoms with Gasteiger partial charge < -0.3 is 29.7 Å². The minimum Gasteiger partial charge on any atom is -0.486 e. The van der Waals surface area contributed by atoms with Crippen LogP contribution in [0.2, 0.25) is 0 Å². The first-order chi connectivity index (χ1) is 13.4. The van der Waals surface area contributed by atoms with Crippen LogP contribution in [0.4, 0.5) is 4.79 Å². The van der Waals surface area contributed by atoms with Crippen molar-refractivity contribution in [2.75, 3.05) is 40.3 Å². The summed E-state index contributed by atoms with van der Waals surface area (Å²) >= 11 is 0. The van der Waals surface area contributed by atoms with Gasteiger partial charge in [-0.3, -0.25) is 4.79 Å². The molecule has 2 N–H and O–H groups in total. The van der Waals surface area contributed by atoms with E-state index in [1.54, 1.807) is 19.0 Å². The van der Waals surface area contributed by atoms with Gasteiger partial charge in [-0.05, 0) is 25.0 Å². The number of amides is 3. The summed E-state index contributed by atoms with van der Waals surface area (Å²) in [6.45, 7) is 1.62. The zero-order chi connectivity index (χ0) is 20.1. The van der Waals surface area contributed by atoms with E-state index in [1.807, 2.05) is 24.3 Å². The van der Waals surface area contributed by atoms with Gasteiger partial charge in [-0.15, -0.1) is 0 Å². The van der Waals surface area contributed by atoms with Crippen molar-refractivity contribution in [3.63, 3.8) is 0 Å². The first-order valence-electron chi connectivity index (χ1n) is 9.70. The number of carbonyl (C=O) groups excluding carboxylic acids is 2. The molecule has 1 saturated heterocycles. The summed E-state index contributed by atoms with van der Waals surface area (Å²) in [5.74, 6) is 1.32. The third kappa shape index (κ3) is 5.07. The van der Waals surface area contributed by atoms with Crippen LogP contribution in [0.1, 0.15) is 25.7 Å². The molecule has 0 aromatic heterocycles. The maximum atomic E-state index is 12.5. The van der Waals surface area contributed by atoms with Gasteiger partial charge in [-0.25, -0.2) is 4.79 Å². The van der Waals surface area contributed by atoms with Crippen molar-refractivity contribution in [1.29, 1.82) is 0 Å². The summed E-state index contributed by atoms with van der Waals surface area (Å²) < 4.78 is 11.6. The molecule has 2 aliphatic heterocycles. The van der Waals surface area contributed by atoms with Crippen molar-refractivity contribution in [2.24, 2.45) is 0 Å². The molecular weight excluding hydrogens is 362 g/mol. The van der Waals surface area contributed by atoms with Crippen LogP contribution in [0.15, 0.2) is 24.3 Å². The smallest absolute Gasteiger partial charge is 0.317 e. The molecule has 2 unspecified atom stereocenters. The fourth-order valence-corrected chi connectivity index (χ4v) is 3.53. The van der Waals surface area contributed by atoms with Crippen LogP contribution >= 0.6 is 0 Å². The molecule has 3 amide bonds. The maximum absolute atomic E-state index is 12.5. The number of carbonyl (C=O) groups is 2. The van der Waals surface area contributed by atoms with E-state index in [1.165, 1.54) is 4.90 Å². The number of rotatable bonds is 5. The Hall–Kier alpha value is -2.48. The lowest BCUT2D eigenvalue weighted by atomic mass is 9.89. The highest BCUT2D eigenvalue weighted by Crippen LogP contribution is 2.31. The average molecular weight is 391 g/mol. The highest BCUT2D eigenvalue weighted by molar-refractivity contribution is 5.77. The summed E-state index contributed by atoms with van der Waals surface area (Å²) in [6.07, 6.45) is 1.71. The monoisotopic (exact) mass is 391 g/mol. The number of para-hydroxylation sites is 2. The second-order valence-corrected chi connectivity index (χ2v) is 7.73. The molecule has 2 atom stereocenters. The van der Waals surface area contributed by atoms with Crippen molar-refractivity contribution in [2.45, 2.75) is 37.4 Å². The Morgan fingerprint density at radius 1 is 1.32 bits per heavy atom. The Kier molecular flexibility index (Phi) is 6.28. The quantitative estimate of drug-likeness (QED) is 0.788. The normalized spacial score (nSPS) is 23.8. The molecule has 1 aromatic carbocycles. The van der Waals surface area contributed by atoms with Crippen LogP contribution in [0.5, 0.6) is 11.5 Å². The average Bonchev–Trinajstić information content (AvgIpc) is 2.67. The molecule has 1 fully saturated rings. The summed E-state index contributed by atoms with van der Waals surface area (Å²) in [6, 6.07) is 7.29. The van der Waals surface area contributed by atoms with Crippen LogP contribution in [-0.4, -0.2) is 78.9 Å². The zero-order valence-electron chi connectivity index (χ0n) is 16.5. The lowest BCUT2D eigenvalue weighted by molar-refractivity contribution is -0.135. The highest BCUT2D eigenvalue weighted by Gasteiger charge is 2.37. The van der Waals surface area contributed by atoms with Gasteiger partial charge in [0.15, 0.2) is 11.5 Å². The second-order valence-electron chi connectivity index (χ2n) is 7.73. The molecule has 8 nitrogen and oxygen atoms in total. The molecule has 0 spiro atoms. The number of urea groups is 1. The van der Waals surface area contributed by atoms with Crippen molar-refractivity contribution >= 4 is 11.9 Å². The number of aliphatic hydroxyl groups is 1. The van der Waals surface area contributed by atoms with E-state index in [4.69, 9.17) is 9.47 Å². The van der Waals surface area contributed by atoms with E-state index in [0.717, 1.165) is 11.5 Å². The third-order valence-electron chi connectivity index (χ3n) is 5.13. The molecule has 2 aliphatic rings. The summed E-state index contributed by atoms with van der Waals surface area (Å²) in [4.78, 5) is 27.5. The van der Waals surface area contributed by atoms with Gasteiger partial charge in [0.1, 0.15) is 12.7 Å². The van der Waals surface area contributed by atoms with Gasteiger partial charge in [0.2, 0.25) is 5.91 Å². The van der Waals surface area contributed by atoms with E-state index in [9.17, 15) is 14.7 Å². The number of nitrogens with zero attached hydrogens (tertiary/aromatic N) is 2. The lowest BCUT2D eigenvalue weighted by Gasteiger charge is -2.39. The minimum absolute atomic E-state index is 0.0242. The predicted octanol–water partition coefficient (Wildman–Crippen LogP) is 1.23. The summed E-state index contributed by atoms with van der Waals surface area (Å²) in [5, 5.41) is 13.6. The van der Waals surface area contributed by atoms with Gasteiger partial charge in [0.25, 0.3) is 0 Å². The largest absolute Gasteiger partial charge is 0.486 e. The molecule has 28 heavy (non-hydrogen) atoms. The molecule has 0 radical (unpaired) electrons. The maximum Gasteiger partial charge on any atom is 0.317 e. The summed E-state index contributed by atoms with van der Waals surface area (Å²) in [5.41, 5.74) is -1.17. The number of ether oxygens (including phenoxy) is 2. The van der Waals surface area contributed by atoms with Crippen LogP contribution in [-0.2, 0) is 4.79 Å². The third-order valence-corrected chi connectivity index (χ3v) is 5.13. The molecule has 2 heterocycles. The number of benzene rings is 1. The molecule has 0 aliphatic carbocycles. The molecule has 154 valence electrons. The van der Waals surface area contributed by atoms with Crippen molar-refractivity contribution in [1.82, 2.24) is 15.1 Å². The van der Waals surface area contributed by atoms with Gasteiger partial charge in [0, 0.05) is 33.6 Å². The Morgan fingerprint density at radius 3 is 2.82 bits per heavy atom. The van der Waals surface area contributed by atoms with E-state index in [2.05, 4.69) is 5.32 Å². The first-order valence-corrected chi connectivity index (χ1v) is 9.70. The second kappa shape index (κ2) is 8.68. The molecule has 1 aromatic rings. The minimum atomic E-state index is -1.17. The SMILES string of the molecule is CN(C)C(=O)CC1(O)CCCN(C(=O)NCCC2COc3ccccc3O2)C1. The van der Waals surface area contributed by atoms with E-state index < -0.39 is 5.60 Å². The Balaban J connectivity index is 1.44. The van der Waals surface area contributed by atoms with Gasteiger partial charge in [-0.1, -0.05) is 12.1 Å². The number of hydrogen-bond acceptors (Lipinski definition) is 5. The number of fused-ring (bicyclic) bond motifs is 1. The topological polar surface area (TPSA) is 91.3 Å². The van der Waals surface area contributed by atoms with Crippen molar-refractivity contribution in [3.05, 3.63) is 24.3 Å². The molecule has 0 saturated carbocycles. The molecule has 0 bridgehead atoms. The number of likely N-dealkylation sites (tertiary alicyclic amines) is 1. The number of hydrogen-bond donors (Lipinski definition) is 2. The van der Waals surface area contributed by atoms with Crippen LogP contribution < -0.4 is 14.8 Å². The summed E-state index contributed by atoms with van der Waals surface area (Å²) in [7, 11) is 3.32. The number of nitrogens with one attached hydrogen (secondary N) is 1. The van der Waals surface area contributed by atoms with Gasteiger partial charge in [0.05, 0.1) is 18.6 Å².